The lowest BCUT2D eigenvalue weighted by atomic mass is 10.3. The van der Waals surface area contributed by atoms with Crippen LogP contribution in [-0.4, -0.2) is 17.6 Å². The summed E-state index contributed by atoms with van der Waals surface area (Å²) in [6.07, 6.45) is 3.70. The van der Waals surface area contributed by atoms with Crippen LogP contribution in [0.5, 0.6) is 0 Å². The van der Waals surface area contributed by atoms with Crippen LogP contribution < -0.4 is 0 Å². The molecule has 68 valence electrons. The second kappa shape index (κ2) is 4.35. The van der Waals surface area contributed by atoms with Crippen molar-refractivity contribution in [1.82, 2.24) is 4.98 Å². The van der Waals surface area contributed by atoms with Gasteiger partial charge in [-0.25, -0.2) is 9.18 Å². The molecule has 1 aromatic rings. The summed E-state index contributed by atoms with van der Waals surface area (Å²) < 4.78 is 17.2. The van der Waals surface area contributed by atoms with Crippen molar-refractivity contribution in [3.8, 4) is 0 Å². The lowest BCUT2D eigenvalue weighted by Crippen LogP contribution is -2.05. The van der Waals surface area contributed by atoms with Crippen LogP contribution in [0, 0.1) is 5.82 Å². The quantitative estimate of drug-likeness (QED) is 0.524. The van der Waals surface area contributed by atoms with Crippen LogP contribution >= 0.6 is 0 Å². The van der Waals surface area contributed by atoms with Gasteiger partial charge in [-0.3, -0.25) is 4.98 Å². The molecule has 0 aliphatic heterocycles. The van der Waals surface area contributed by atoms with E-state index >= 15 is 0 Å². The van der Waals surface area contributed by atoms with Crippen LogP contribution in [-0.2, 0) is 4.74 Å². The molecular formula is C9H8FNO2. The minimum Gasteiger partial charge on any atom is -0.458 e. The van der Waals surface area contributed by atoms with E-state index in [1.807, 2.05) is 0 Å². The van der Waals surface area contributed by atoms with E-state index < -0.39 is 11.8 Å². The zero-order chi connectivity index (χ0) is 9.68. The lowest BCUT2D eigenvalue weighted by Gasteiger charge is -2.00. The third-order valence-electron chi connectivity index (χ3n) is 1.27. The summed E-state index contributed by atoms with van der Waals surface area (Å²) in [5.74, 6) is -1.17. The molecule has 1 heterocycles. The second-order valence-corrected chi connectivity index (χ2v) is 2.28. The molecule has 0 bridgehead atoms. The molecule has 0 spiro atoms. The maximum Gasteiger partial charge on any atom is 0.340 e. The highest BCUT2D eigenvalue weighted by atomic mass is 19.1. The predicted molar refractivity (Wildman–Crippen MR) is 44.7 cm³/mol. The number of esters is 1. The van der Waals surface area contributed by atoms with Gasteiger partial charge in [0.15, 0.2) is 0 Å². The number of rotatable bonds is 3. The van der Waals surface area contributed by atoms with Gasteiger partial charge in [0.2, 0.25) is 0 Å². The van der Waals surface area contributed by atoms with Crippen molar-refractivity contribution in [2.45, 2.75) is 0 Å². The van der Waals surface area contributed by atoms with Gasteiger partial charge in [0.05, 0.1) is 11.8 Å². The molecule has 4 heteroatoms. The van der Waals surface area contributed by atoms with Gasteiger partial charge in [0, 0.05) is 6.20 Å². The van der Waals surface area contributed by atoms with Crippen LogP contribution in [0.1, 0.15) is 10.4 Å². The Morgan fingerprint density at radius 3 is 3.08 bits per heavy atom. The maximum absolute atomic E-state index is 12.6. The first-order valence-electron chi connectivity index (χ1n) is 3.62. The average molecular weight is 181 g/mol. The number of aromatic nitrogens is 1. The number of hydrogen-bond acceptors (Lipinski definition) is 3. The topological polar surface area (TPSA) is 39.2 Å². The van der Waals surface area contributed by atoms with Gasteiger partial charge in [-0.2, -0.15) is 0 Å². The van der Waals surface area contributed by atoms with Crippen LogP contribution in [0.15, 0.2) is 31.1 Å². The molecule has 0 radical (unpaired) electrons. The highest BCUT2D eigenvalue weighted by Crippen LogP contribution is 2.02. The largest absolute Gasteiger partial charge is 0.458 e. The minimum atomic E-state index is -0.605. The lowest BCUT2D eigenvalue weighted by molar-refractivity contribution is 0.0548. The molecule has 13 heavy (non-hydrogen) atoms. The Kier molecular flexibility index (Phi) is 3.14. The first-order chi connectivity index (χ1) is 6.24. The number of carbonyl (C=O) groups is 1. The Labute approximate surface area is 74.9 Å². The van der Waals surface area contributed by atoms with Crippen molar-refractivity contribution in [2.24, 2.45) is 0 Å². The predicted octanol–water partition coefficient (Wildman–Crippen LogP) is 1.56. The molecule has 0 N–H and O–H groups in total. The number of halogens is 1. The Morgan fingerprint density at radius 1 is 1.69 bits per heavy atom. The monoisotopic (exact) mass is 181 g/mol. The van der Waals surface area contributed by atoms with Crippen LogP contribution in [0.4, 0.5) is 4.39 Å². The van der Waals surface area contributed by atoms with Crippen molar-refractivity contribution >= 4 is 5.97 Å². The summed E-state index contributed by atoms with van der Waals surface area (Å²) in [6, 6.07) is 1.07. The molecule has 0 saturated carbocycles. The summed E-state index contributed by atoms with van der Waals surface area (Å²) in [4.78, 5) is 14.6. The Balaban J connectivity index is 2.71. The maximum atomic E-state index is 12.6. The fourth-order valence-corrected chi connectivity index (χ4v) is 0.741. The number of hydrogen-bond donors (Lipinski definition) is 0. The van der Waals surface area contributed by atoms with Crippen LogP contribution in [0.2, 0.25) is 0 Å². The van der Waals surface area contributed by atoms with Gasteiger partial charge >= 0.3 is 5.97 Å². The van der Waals surface area contributed by atoms with Crippen LogP contribution in [0.25, 0.3) is 0 Å². The van der Waals surface area contributed by atoms with E-state index in [1.165, 1.54) is 12.3 Å². The van der Waals surface area contributed by atoms with Gasteiger partial charge < -0.3 is 4.74 Å². The molecule has 0 aliphatic carbocycles. The van der Waals surface area contributed by atoms with E-state index in [1.54, 1.807) is 0 Å². The SMILES string of the molecule is C=CCOC(=O)c1cncc(F)c1. The molecular weight excluding hydrogens is 173 g/mol. The van der Waals surface area contributed by atoms with E-state index in [0.29, 0.717) is 0 Å². The van der Waals surface area contributed by atoms with Crippen molar-refractivity contribution < 1.29 is 13.9 Å². The van der Waals surface area contributed by atoms with Gasteiger partial charge in [0.25, 0.3) is 0 Å². The van der Waals surface area contributed by atoms with Gasteiger partial charge in [-0.1, -0.05) is 12.7 Å². The molecule has 0 fully saturated rings. The van der Waals surface area contributed by atoms with Crippen molar-refractivity contribution in [1.29, 1.82) is 0 Å². The standard InChI is InChI=1S/C9H8FNO2/c1-2-3-13-9(12)7-4-8(10)6-11-5-7/h2,4-6H,1,3H2. The third kappa shape index (κ3) is 2.66. The minimum absolute atomic E-state index is 0.0989. The molecule has 0 amide bonds. The molecule has 0 saturated heterocycles. The molecule has 0 atom stereocenters. The Bertz CT molecular complexity index is 325. The van der Waals surface area contributed by atoms with Crippen molar-refractivity contribution in [3.63, 3.8) is 0 Å². The number of ether oxygens (including phenoxy) is 1. The Hall–Kier alpha value is -1.71. The normalized spacial score (nSPS) is 9.31. The van der Waals surface area contributed by atoms with Crippen molar-refractivity contribution in [3.05, 3.63) is 42.5 Å². The van der Waals surface area contributed by atoms with E-state index in [2.05, 4.69) is 16.3 Å². The summed E-state index contributed by atoms with van der Waals surface area (Å²) in [7, 11) is 0. The summed E-state index contributed by atoms with van der Waals surface area (Å²) in [5.41, 5.74) is 0.0989. The molecule has 3 nitrogen and oxygen atoms in total. The fourth-order valence-electron chi connectivity index (χ4n) is 0.741. The molecule has 0 aliphatic rings. The van der Waals surface area contributed by atoms with Gasteiger partial charge in [0.1, 0.15) is 12.4 Å². The first-order valence-corrected chi connectivity index (χ1v) is 3.62. The van der Waals surface area contributed by atoms with E-state index in [4.69, 9.17) is 0 Å². The third-order valence-corrected chi connectivity index (χ3v) is 1.27. The average Bonchev–Trinajstić information content (AvgIpc) is 2.14. The fraction of sp³-hybridized carbons (Fsp3) is 0.111. The van der Waals surface area contributed by atoms with Crippen molar-refractivity contribution in [2.75, 3.05) is 6.61 Å². The molecule has 1 rings (SSSR count). The molecule has 0 aromatic carbocycles. The summed E-state index contributed by atoms with van der Waals surface area (Å²) in [5, 5.41) is 0. The summed E-state index contributed by atoms with van der Waals surface area (Å²) in [6.45, 7) is 3.48. The van der Waals surface area contributed by atoms with Crippen LogP contribution in [0.3, 0.4) is 0 Å². The number of nitrogens with zero attached hydrogens (tertiary/aromatic N) is 1. The van der Waals surface area contributed by atoms with E-state index in [0.717, 1.165) is 12.3 Å². The molecule has 0 unspecified atom stereocenters. The Morgan fingerprint density at radius 2 is 2.46 bits per heavy atom. The highest BCUT2D eigenvalue weighted by Gasteiger charge is 2.06. The smallest absolute Gasteiger partial charge is 0.340 e. The molecule has 1 aromatic heterocycles. The number of pyridine rings is 1. The zero-order valence-electron chi connectivity index (χ0n) is 6.87. The van der Waals surface area contributed by atoms with E-state index in [-0.39, 0.29) is 12.2 Å². The van der Waals surface area contributed by atoms with Gasteiger partial charge in [-0.15, -0.1) is 0 Å². The number of carbonyl (C=O) groups excluding carboxylic acids is 1. The summed E-state index contributed by atoms with van der Waals surface area (Å²) >= 11 is 0. The zero-order valence-corrected chi connectivity index (χ0v) is 6.87. The van der Waals surface area contributed by atoms with Gasteiger partial charge in [-0.05, 0) is 6.07 Å². The highest BCUT2D eigenvalue weighted by molar-refractivity contribution is 5.88. The van der Waals surface area contributed by atoms with E-state index in [9.17, 15) is 9.18 Å². The first kappa shape index (κ1) is 9.38. The second-order valence-electron chi connectivity index (χ2n) is 2.28.